The van der Waals surface area contributed by atoms with E-state index in [1.165, 1.54) is 0 Å². The van der Waals surface area contributed by atoms with Gasteiger partial charge in [0.25, 0.3) is 0 Å². The number of halogens is 2. The van der Waals surface area contributed by atoms with E-state index in [0.29, 0.717) is 28.2 Å². The molecule has 4 nitrogen and oxygen atoms in total. The third-order valence-corrected chi connectivity index (χ3v) is 4.76. The van der Waals surface area contributed by atoms with Crippen molar-refractivity contribution in [3.8, 4) is 0 Å². The van der Waals surface area contributed by atoms with Gasteiger partial charge >= 0.3 is 0 Å². The molecule has 1 aliphatic heterocycles. The fourth-order valence-electron chi connectivity index (χ4n) is 2.89. The second-order valence-corrected chi connectivity index (χ2v) is 6.66. The lowest BCUT2D eigenvalue weighted by molar-refractivity contribution is 0.0331. The number of rotatable bonds is 6. The number of ether oxygens (including phenoxy) is 1. The number of aliphatic hydroxyl groups excluding tert-OH is 1. The highest BCUT2D eigenvalue weighted by molar-refractivity contribution is 6.33. The van der Waals surface area contributed by atoms with Crippen molar-refractivity contribution >= 4 is 23.2 Å². The molecular weight excluding hydrogens is 323 g/mol. The Bertz CT molecular complexity index is 487. The summed E-state index contributed by atoms with van der Waals surface area (Å²) >= 11 is 12.2. The standard InChI is InChI=1S/C16H24Cl2N2O2/c1-12-10-19(5-6-20(12)7-8-22-2)11-16(21)14-9-13(17)3-4-15(14)18/h3-4,9,12,16,21H,5-8,10-11H2,1-2H3. The maximum atomic E-state index is 10.5. The van der Waals surface area contributed by atoms with Gasteiger partial charge in [0.05, 0.1) is 12.7 Å². The molecule has 2 unspecified atom stereocenters. The van der Waals surface area contributed by atoms with Crippen molar-refractivity contribution in [3.63, 3.8) is 0 Å². The number of hydrogen-bond acceptors (Lipinski definition) is 4. The predicted molar refractivity (Wildman–Crippen MR) is 90.8 cm³/mol. The average molecular weight is 347 g/mol. The molecule has 0 radical (unpaired) electrons. The Morgan fingerprint density at radius 3 is 2.82 bits per heavy atom. The van der Waals surface area contributed by atoms with Crippen LogP contribution in [-0.2, 0) is 4.74 Å². The van der Waals surface area contributed by atoms with E-state index in [4.69, 9.17) is 27.9 Å². The molecule has 124 valence electrons. The van der Waals surface area contributed by atoms with Gasteiger partial charge in [-0.2, -0.15) is 0 Å². The van der Waals surface area contributed by atoms with Crippen LogP contribution in [0.15, 0.2) is 18.2 Å². The Labute approximate surface area is 142 Å². The van der Waals surface area contributed by atoms with Gasteiger partial charge in [0, 0.05) is 61.5 Å². The summed E-state index contributed by atoms with van der Waals surface area (Å²) in [5, 5.41) is 11.6. The van der Waals surface area contributed by atoms with Crippen molar-refractivity contribution in [2.75, 3.05) is 46.4 Å². The van der Waals surface area contributed by atoms with E-state index >= 15 is 0 Å². The fourth-order valence-corrected chi connectivity index (χ4v) is 3.31. The molecular formula is C16H24Cl2N2O2. The van der Waals surface area contributed by atoms with Crippen LogP contribution < -0.4 is 0 Å². The first kappa shape index (κ1) is 18.0. The quantitative estimate of drug-likeness (QED) is 0.858. The highest BCUT2D eigenvalue weighted by Crippen LogP contribution is 2.27. The van der Waals surface area contributed by atoms with E-state index in [9.17, 15) is 5.11 Å². The second kappa shape index (κ2) is 8.48. The zero-order chi connectivity index (χ0) is 16.1. The largest absolute Gasteiger partial charge is 0.387 e. The molecule has 22 heavy (non-hydrogen) atoms. The van der Waals surface area contributed by atoms with Crippen molar-refractivity contribution in [3.05, 3.63) is 33.8 Å². The van der Waals surface area contributed by atoms with Crippen LogP contribution in [-0.4, -0.2) is 67.4 Å². The summed E-state index contributed by atoms with van der Waals surface area (Å²) < 4.78 is 5.14. The molecule has 0 aliphatic carbocycles. The lowest BCUT2D eigenvalue weighted by Crippen LogP contribution is -2.53. The molecule has 1 aromatic carbocycles. The van der Waals surface area contributed by atoms with Crippen molar-refractivity contribution in [2.45, 2.75) is 19.1 Å². The SMILES string of the molecule is COCCN1CCN(CC(O)c2cc(Cl)ccc2Cl)CC1C. The van der Waals surface area contributed by atoms with E-state index in [1.807, 2.05) is 0 Å². The van der Waals surface area contributed by atoms with Crippen molar-refractivity contribution in [1.82, 2.24) is 9.80 Å². The summed E-state index contributed by atoms with van der Waals surface area (Å²) in [5.41, 5.74) is 0.698. The van der Waals surface area contributed by atoms with Gasteiger partial charge in [-0.3, -0.25) is 9.80 Å². The summed E-state index contributed by atoms with van der Waals surface area (Å²) in [6.07, 6.45) is -0.621. The number of benzene rings is 1. The van der Waals surface area contributed by atoms with Gasteiger partial charge in [-0.1, -0.05) is 23.2 Å². The zero-order valence-electron chi connectivity index (χ0n) is 13.1. The van der Waals surface area contributed by atoms with Crippen LogP contribution in [0.4, 0.5) is 0 Å². The first-order valence-corrected chi connectivity index (χ1v) is 8.35. The smallest absolute Gasteiger partial charge is 0.0931 e. The molecule has 2 rings (SSSR count). The fraction of sp³-hybridized carbons (Fsp3) is 0.625. The van der Waals surface area contributed by atoms with Gasteiger partial charge in [-0.25, -0.2) is 0 Å². The molecule has 0 saturated carbocycles. The molecule has 2 atom stereocenters. The first-order valence-electron chi connectivity index (χ1n) is 7.59. The number of nitrogens with zero attached hydrogens (tertiary/aromatic N) is 2. The molecule has 0 spiro atoms. The van der Waals surface area contributed by atoms with Gasteiger partial charge in [0.1, 0.15) is 0 Å². The molecule has 1 heterocycles. The summed E-state index contributed by atoms with van der Waals surface area (Å²) in [5.74, 6) is 0. The zero-order valence-corrected chi connectivity index (χ0v) is 14.6. The Balaban J connectivity index is 1.90. The minimum atomic E-state index is -0.621. The molecule has 1 aliphatic rings. The van der Waals surface area contributed by atoms with Gasteiger partial charge in [0.15, 0.2) is 0 Å². The van der Waals surface area contributed by atoms with Gasteiger partial charge in [-0.15, -0.1) is 0 Å². The van der Waals surface area contributed by atoms with Gasteiger partial charge < -0.3 is 9.84 Å². The highest BCUT2D eigenvalue weighted by atomic mass is 35.5. The number of methoxy groups -OCH3 is 1. The minimum Gasteiger partial charge on any atom is -0.387 e. The maximum Gasteiger partial charge on any atom is 0.0931 e. The van der Waals surface area contributed by atoms with Crippen LogP contribution in [0, 0.1) is 0 Å². The molecule has 0 amide bonds. The Hall–Kier alpha value is -0.360. The maximum absolute atomic E-state index is 10.5. The first-order chi connectivity index (χ1) is 10.5. The Morgan fingerprint density at radius 2 is 2.14 bits per heavy atom. The summed E-state index contributed by atoms with van der Waals surface area (Å²) in [6, 6.07) is 5.66. The Morgan fingerprint density at radius 1 is 1.36 bits per heavy atom. The molecule has 0 aromatic heterocycles. The van der Waals surface area contributed by atoms with Crippen LogP contribution in [0.25, 0.3) is 0 Å². The lowest BCUT2D eigenvalue weighted by atomic mass is 10.1. The van der Waals surface area contributed by atoms with Crippen molar-refractivity contribution in [2.24, 2.45) is 0 Å². The molecule has 6 heteroatoms. The molecule has 0 bridgehead atoms. The number of β-amino-alcohol motifs (C(OH)–C–C–N with tert-alkyl or cyclic N) is 1. The molecule has 1 saturated heterocycles. The van der Waals surface area contributed by atoms with Crippen LogP contribution in [0.2, 0.25) is 10.0 Å². The van der Waals surface area contributed by atoms with Crippen LogP contribution in [0.3, 0.4) is 0 Å². The normalized spacial score (nSPS) is 22.0. The molecule has 1 fully saturated rings. The summed E-state index contributed by atoms with van der Waals surface area (Å²) in [7, 11) is 1.73. The Kier molecular flexibility index (Phi) is 6.93. The lowest BCUT2D eigenvalue weighted by Gasteiger charge is -2.40. The van der Waals surface area contributed by atoms with Crippen molar-refractivity contribution < 1.29 is 9.84 Å². The van der Waals surface area contributed by atoms with Crippen molar-refractivity contribution in [1.29, 1.82) is 0 Å². The molecule has 1 N–H and O–H groups in total. The van der Waals surface area contributed by atoms with Crippen LogP contribution >= 0.6 is 23.2 Å². The third kappa shape index (κ3) is 4.82. The van der Waals surface area contributed by atoms with E-state index in [0.717, 1.165) is 32.8 Å². The predicted octanol–water partition coefficient (Wildman–Crippen LogP) is 2.68. The summed E-state index contributed by atoms with van der Waals surface area (Å²) in [6.45, 7) is 7.34. The van der Waals surface area contributed by atoms with E-state index in [1.54, 1.807) is 25.3 Å². The van der Waals surface area contributed by atoms with E-state index in [2.05, 4.69) is 16.7 Å². The van der Waals surface area contributed by atoms with Crippen LogP contribution in [0.5, 0.6) is 0 Å². The van der Waals surface area contributed by atoms with Gasteiger partial charge in [-0.05, 0) is 25.1 Å². The van der Waals surface area contributed by atoms with E-state index < -0.39 is 6.10 Å². The van der Waals surface area contributed by atoms with E-state index in [-0.39, 0.29) is 0 Å². The van der Waals surface area contributed by atoms with Crippen LogP contribution in [0.1, 0.15) is 18.6 Å². The average Bonchev–Trinajstić information content (AvgIpc) is 2.49. The minimum absolute atomic E-state index is 0.450. The summed E-state index contributed by atoms with van der Waals surface area (Å²) in [4.78, 5) is 4.69. The number of aliphatic hydroxyl groups is 1. The van der Waals surface area contributed by atoms with Gasteiger partial charge in [0.2, 0.25) is 0 Å². The monoisotopic (exact) mass is 346 g/mol. The molecule has 1 aromatic rings. The topological polar surface area (TPSA) is 35.9 Å². The highest BCUT2D eigenvalue weighted by Gasteiger charge is 2.25. The number of piperazine rings is 1. The second-order valence-electron chi connectivity index (χ2n) is 5.82. The third-order valence-electron chi connectivity index (χ3n) is 4.18. The number of hydrogen-bond donors (Lipinski definition) is 1.